The fourth-order valence-electron chi connectivity index (χ4n) is 2.39. The molecule has 6 N–H and O–H groups in total. The second-order valence-corrected chi connectivity index (χ2v) is 5.33. The molecule has 22 heavy (non-hydrogen) atoms. The summed E-state index contributed by atoms with van der Waals surface area (Å²) in [7, 11) is 1.38. The molecule has 0 unspecified atom stereocenters. The van der Waals surface area contributed by atoms with E-state index in [0.717, 1.165) is 0 Å². The Morgan fingerprint density at radius 3 is 2.18 bits per heavy atom. The standard InChI is InChI=1S/C13H26O9/c1-6(16)12(7(20-2)3-4-14)22-13-11(19)10(18)9(17)8(5-15)21-13/h6-19H,3-5H2,1-2H3/t6-,7-,8+,9+,10-,11+,12-,13-/m1/s1. The molecule has 0 aromatic rings. The quantitative estimate of drug-likeness (QED) is 0.273. The lowest BCUT2D eigenvalue weighted by molar-refractivity contribution is -0.324. The van der Waals surface area contributed by atoms with Crippen LogP contribution in [0.1, 0.15) is 13.3 Å². The van der Waals surface area contributed by atoms with Gasteiger partial charge in [0, 0.05) is 13.7 Å². The summed E-state index contributed by atoms with van der Waals surface area (Å²) in [5.74, 6) is 0. The predicted molar refractivity (Wildman–Crippen MR) is 72.8 cm³/mol. The van der Waals surface area contributed by atoms with Crippen LogP contribution in [-0.4, -0.2) is 100.0 Å². The van der Waals surface area contributed by atoms with Crippen LogP contribution in [0.2, 0.25) is 0 Å². The first-order valence-electron chi connectivity index (χ1n) is 7.15. The molecule has 0 aliphatic carbocycles. The summed E-state index contributed by atoms with van der Waals surface area (Å²) in [5.41, 5.74) is 0. The maximum absolute atomic E-state index is 9.92. The van der Waals surface area contributed by atoms with E-state index in [2.05, 4.69) is 0 Å². The summed E-state index contributed by atoms with van der Waals surface area (Å²) in [4.78, 5) is 0. The molecule has 0 radical (unpaired) electrons. The van der Waals surface area contributed by atoms with Gasteiger partial charge in [-0.15, -0.1) is 0 Å². The third kappa shape index (κ3) is 4.57. The molecule has 1 saturated heterocycles. The second kappa shape index (κ2) is 9.06. The number of hydrogen-bond acceptors (Lipinski definition) is 9. The molecule has 0 amide bonds. The second-order valence-electron chi connectivity index (χ2n) is 5.33. The lowest BCUT2D eigenvalue weighted by Crippen LogP contribution is -2.60. The zero-order valence-electron chi connectivity index (χ0n) is 12.6. The molecular weight excluding hydrogens is 300 g/mol. The summed E-state index contributed by atoms with van der Waals surface area (Å²) < 4.78 is 15.9. The maximum atomic E-state index is 9.92. The Morgan fingerprint density at radius 2 is 1.73 bits per heavy atom. The summed E-state index contributed by atoms with van der Waals surface area (Å²) >= 11 is 0. The summed E-state index contributed by atoms with van der Waals surface area (Å²) in [6, 6.07) is 0. The van der Waals surface area contributed by atoms with Gasteiger partial charge in [0.2, 0.25) is 0 Å². The molecule has 1 heterocycles. The Labute approximate surface area is 128 Å². The van der Waals surface area contributed by atoms with E-state index in [0.29, 0.717) is 0 Å². The Hall–Kier alpha value is -0.360. The van der Waals surface area contributed by atoms with Crippen molar-refractivity contribution in [2.24, 2.45) is 0 Å². The van der Waals surface area contributed by atoms with Gasteiger partial charge >= 0.3 is 0 Å². The van der Waals surface area contributed by atoms with Crippen LogP contribution in [0.3, 0.4) is 0 Å². The van der Waals surface area contributed by atoms with Gasteiger partial charge in [-0.25, -0.2) is 0 Å². The molecule has 9 heteroatoms. The van der Waals surface area contributed by atoms with Crippen molar-refractivity contribution in [1.29, 1.82) is 0 Å². The van der Waals surface area contributed by atoms with Gasteiger partial charge in [0.1, 0.15) is 30.5 Å². The van der Waals surface area contributed by atoms with Crippen molar-refractivity contribution in [2.75, 3.05) is 20.3 Å². The van der Waals surface area contributed by atoms with Gasteiger partial charge in [0.15, 0.2) is 6.29 Å². The van der Waals surface area contributed by atoms with E-state index in [9.17, 15) is 20.4 Å². The SMILES string of the molecule is CO[C@H](CCO)[C@H](O[C@H]1O[C@@H](CO)[C@H](O)[C@@H](O)[C@@H]1O)[C@@H](C)O. The highest BCUT2D eigenvalue weighted by Crippen LogP contribution is 2.25. The lowest BCUT2D eigenvalue weighted by Gasteiger charge is -2.42. The third-order valence-electron chi connectivity index (χ3n) is 3.70. The molecule has 8 atom stereocenters. The average Bonchev–Trinajstić information content (AvgIpc) is 2.50. The largest absolute Gasteiger partial charge is 0.396 e. The van der Waals surface area contributed by atoms with Crippen LogP contribution in [0.25, 0.3) is 0 Å². The molecule has 0 spiro atoms. The van der Waals surface area contributed by atoms with E-state index in [1.807, 2.05) is 0 Å². The number of hydrogen-bond donors (Lipinski definition) is 6. The molecule has 9 nitrogen and oxygen atoms in total. The van der Waals surface area contributed by atoms with Crippen LogP contribution in [0.15, 0.2) is 0 Å². The van der Waals surface area contributed by atoms with Gasteiger partial charge in [-0.1, -0.05) is 0 Å². The molecule has 1 aliphatic heterocycles. The highest BCUT2D eigenvalue weighted by atomic mass is 16.7. The predicted octanol–water partition coefficient (Wildman–Crippen LogP) is -3.05. The van der Waals surface area contributed by atoms with E-state index in [4.69, 9.17) is 24.4 Å². The van der Waals surface area contributed by atoms with Crippen molar-refractivity contribution in [1.82, 2.24) is 0 Å². The zero-order valence-corrected chi connectivity index (χ0v) is 12.6. The van der Waals surface area contributed by atoms with Crippen LogP contribution < -0.4 is 0 Å². The van der Waals surface area contributed by atoms with Gasteiger partial charge < -0.3 is 44.8 Å². The third-order valence-corrected chi connectivity index (χ3v) is 3.70. The summed E-state index contributed by atoms with van der Waals surface area (Å²) in [6.07, 6.45) is -9.53. The molecule has 1 rings (SSSR count). The summed E-state index contributed by atoms with van der Waals surface area (Å²) in [5, 5.41) is 57.3. The number of aliphatic hydroxyl groups is 6. The smallest absolute Gasteiger partial charge is 0.187 e. The van der Waals surface area contributed by atoms with Crippen LogP contribution in [0.5, 0.6) is 0 Å². The number of methoxy groups -OCH3 is 1. The van der Waals surface area contributed by atoms with Crippen LogP contribution in [0, 0.1) is 0 Å². The van der Waals surface area contributed by atoms with E-state index in [1.165, 1.54) is 14.0 Å². The van der Waals surface area contributed by atoms with Gasteiger partial charge in [0.05, 0.1) is 18.8 Å². The minimum absolute atomic E-state index is 0.184. The van der Waals surface area contributed by atoms with Crippen molar-refractivity contribution in [3.63, 3.8) is 0 Å². The van der Waals surface area contributed by atoms with Gasteiger partial charge in [-0.05, 0) is 13.3 Å². The van der Waals surface area contributed by atoms with Gasteiger partial charge in [-0.2, -0.15) is 0 Å². The highest BCUT2D eigenvalue weighted by molar-refractivity contribution is 4.90. The number of aliphatic hydroxyl groups excluding tert-OH is 6. The minimum Gasteiger partial charge on any atom is -0.396 e. The number of ether oxygens (including phenoxy) is 3. The van der Waals surface area contributed by atoms with Crippen molar-refractivity contribution in [2.45, 2.75) is 62.4 Å². The summed E-state index contributed by atoms with van der Waals surface area (Å²) in [6.45, 7) is 0.673. The van der Waals surface area contributed by atoms with Crippen molar-refractivity contribution in [3.05, 3.63) is 0 Å². The first kappa shape index (κ1) is 19.7. The normalized spacial score (nSPS) is 36.8. The van der Waals surface area contributed by atoms with Crippen molar-refractivity contribution < 1.29 is 44.8 Å². The van der Waals surface area contributed by atoms with Crippen molar-refractivity contribution >= 4 is 0 Å². The fourth-order valence-corrected chi connectivity index (χ4v) is 2.39. The van der Waals surface area contributed by atoms with Crippen LogP contribution >= 0.6 is 0 Å². The average molecular weight is 326 g/mol. The minimum atomic E-state index is -1.57. The molecule has 0 aromatic heterocycles. The molecule has 1 aliphatic rings. The molecule has 1 fully saturated rings. The maximum Gasteiger partial charge on any atom is 0.187 e. The first-order chi connectivity index (χ1) is 10.4. The van der Waals surface area contributed by atoms with Gasteiger partial charge in [-0.3, -0.25) is 0 Å². The lowest BCUT2D eigenvalue weighted by atomic mass is 9.99. The van der Waals surface area contributed by atoms with Crippen molar-refractivity contribution in [3.8, 4) is 0 Å². The topological polar surface area (TPSA) is 149 Å². The van der Waals surface area contributed by atoms with E-state index in [1.54, 1.807) is 0 Å². The molecule has 132 valence electrons. The number of rotatable bonds is 8. The highest BCUT2D eigenvalue weighted by Gasteiger charge is 2.45. The van der Waals surface area contributed by atoms with Crippen LogP contribution in [0.4, 0.5) is 0 Å². The zero-order chi connectivity index (χ0) is 16.9. The fraction of sp³-hybridized carbons (Fsp3) is 1.00. The van der Waals surface area contributed by atoms with Crippen LogP contribution in [-0.2, 0) is 14.2 Å². The molecule has 0 aromatic carbocycles. The Balaban J connectivity index is 2.82. The van der Waals surface area contributed by atoms with E-state index < -0.39 is 55.6 Å². The first-order valence-corrected chi connectivity index (χ1v) is 7.15. The Morgan fingerprint density at radius 1 is 1.09 bits per heavy atom. The molecular formula is C13H26O9. The molecule has 0 bridgehead atoms. The molecule has 0 saturated carbocycles. The Bertz CT molecular complexity index is 312. The van der Waals surface area contributed by atoms with E-state index in [-0.39, 0.29) is 13.0 Å². The van der Waals surface area contributed by atoms with E-state index >= 15 is 0 Å². The monoisotopic (exact) mass is 326 g/mol. The Kier molecular flexibility index (Phi) is 8.11. The van der Waals surface area contributed by atoms with Gasteiger partial charge in [0.25, 0.3) is 0 Å².